The first-order chi connectivity index (χ1) is 11.8. The van der Waals surface area contributed by atoms with Crippen molar-refractivity contribution >= 4 is 11.3 Å². The molecule has 0 amide bonds. The van der Waals surface area contributed by atoms with Crippen LogP contribution in [0.3, 0.4) is 0 Å². The van der Waals surface area contributed by atoms with E-state index in [4.69, 9.17) is 5.73 Å². The van der Waals surface area contributed by atoms with E-state index in [1.807, 2.05) is 0 Å². The highest BCUT2D eigenvalue weighted by Crippen LogP contribution is 2.48. The van der Waals surface area contributed by atoms with Gasteiger partial charge in [-0.05, 0) is 36.3 Å². The molecule has 1 rings (SSSR count). The Hall–Kier alpha value is -1.95. The molecule has 0 radical (unpaired) electrons. The average Bonchev–Trinajstić information content (AvgIpc) is 2.43. The maximum atomic E-state index is 12.9. The van der Waals surface area contributed by atoms with Gasteiger partial charge < -0.3 is 15.9 Å². The Morgan fingerprint density at radius 3 is 1.59 bits per heavy atom. The highest BCUT2D eigenvalue weighted by molar-refractivity contribution is 5.69. The molecule has 0 spiro atoms. The van der Waals surface area contributed by atoms with Crippen molar-refractivity contribution in [1.82, 2.24) is 0 Å². The van der Waals surface area contributed by atoms with Crippen LogP contribution in [0.4, 0.5) is 45.2 Å². The molecule has 1 aromatic rings. The molecule has 0 bridgehead atoms. The Morgan fingerprint density at radius 1 is 0.852 bits per heavy atom. The summed E-state index contributed by atoms with van der Waals surface area (Å²) >= 11 is 0. The van der Waals surface area contributed by atoms with Crippen LogP contribution >= 0.6 is 0 Å². The first kappa shape index (κ1) is 23.1. The van der Waals surface area contributed by atoms with Gasteiger partial charge in [0.2, 0.25) is 0 Å². The Labute approximate surface area is 146 Å². The zero-order chi connectivity index (χ0) is 21.5. The predicted octanol–water partition coefficient (Wildman–Crippen LogP) is 4.21. The third-order valence-corrected chi connectivity index (χ3v) is 3.69. The van der Waals surface area contributed by atoms with Crippen molar-refractivity contribution in [1.29, 1.82) is 0 Å². The minimum Gasteiger partial charge on any atom is -0.399 e. The molecule has 0 saturated carbocycles. The van der Waals surface area contributed by atoms with Crippen LogP contribution < -0.4 is 5.73 Å². The van der Waals surface area contributed by atoms with Crippen molar-refractivity contribution in [3.05, 3.63) is 35.9 Å². The van der Waals surface area contributed by atoms with Crippen LogP contribution in [0.2, 0.25) is 0 Å². The van der Waals surface area contributed by atoms with Gasteiger partial charge >= 0.3 is 18.5 Å². The van der Waals surface area contributed by atoms with Crippen LogP contribution in [0.5, 0.6) is 0 Å². The number of alkyl halides is 9. The highest BCUT2D eigenvalue weighted by atomic mass is 19.4. The average molecular weight is 411 g/mol. The lowest BCUT2D eigenvalue weighted by Crippen LogP contribution is -2.57. The molecule has 0 aliphatic carbocycles. The summed E-state index contributed by atoms with van der Waals surface area (Å²) in [7, 11) is 0. The smallest absolute Gasteiger partial charge is 0.399 e. The summed E-state index contributed by atoms with van der Waals surface area (Å²) in [5.74, 6) is 0. The molecule has 12 heteroatoms. The molecule has 3 nitrogen and oxygen atoms in total. The van der Waals surface area contributed by atoms with Crippen LogP contribution in [0.15, 0.2) is 30.3 Å². The number of benzene rings is 1. The minimum absolute atomic E-state index is 0.0302. The van der Waals surface area contributed by atoms with Crippen molar-refractivity contribution in [2.75, 3.05) is 5.73 Å². The Morgan fingerprint density at radius 2 is 1.26 bits per heavy atom. The second-order valence-corrected chi connectivity index (χ2v) is 5.97. The molecule has 0 heterocycles. The number of nitrogen functional groups attached to an aromatic ring is 1. The van der Waals surface area contributed by atoms with Crippen molar-refractivity contribution in [2.45, 2.75) is 43.1 Å². The van der Waals surface area contributed by atoms with Gasteiger partial charge in [-0.2, -0.15) is 39.5 Å². The molecule has 4 N–H and O–H groups in total. The Bertz CT molecular complexity index is 671. The maximum Gasteiger partial charge on any atom is 0.426 e. The maximum absolute atomic E-state index is 12.9. The summed E-state index contributed by atoms with van der Waals surface area (Å²) in [6.45, 7) is 0.143. The zero-order valence-corrected chi connectivity index (χ0v) is 13.5. The number of anilines is 1. The lowest BCUT2D eigenvalue weighted by atomic mass is 9.86. The van der Waals surface area contributed by atoms with E-state index in [0.29, 0.717) is 0 Å². The fourth-order valence-corrected chi connectivity index (χ4v) is 1.99. The number of halogens is 9. The fraction of sp³-hybridized carbons (Fsp3) is 0.467. The summed E-state index contributed by atoms with van der Waals surface area (Å²) in [5, 5.41) is 18.8. The number of hydrogen-bond acceptors (Lipinski definition) is 3. The fourth-order valence-electron chi connectivity index (χ4n) is 1.99. The van der Waals surface area contributed by atoms with Crippen LogP contribution in [-0.4, -0.2) is 39.9 Å². The molecule has 0 fully saturated rings. The number of hydrogen-bond donors (Lipinski definition) is 3. The monoisotopic (exact) mass is 411 g/mol. The number of nitrogens with two attached hydrogens (primary N) is 1. The molecule has 1 aromatic carbocycles. The molecule has 0 aromatic heterocycles. The summed E-state index contributed by atoms with van der Waals surface area (Å²) in [4.78, 5) is 0. The highest BCUT2D eigenvalue weighted by Gasteiger charge is 2.70. The molecule has 1 atom stereocenters. The largest absolute Gasteiger partial charge is 0.426 e. The van der Waals surface area contributed by atoms with Gasteiger partial charge in [0.15, 0.2) is 5.60 Å². The molecular weight excluding hydrogens is 397 g/mol. The third-order valence-electron chi connectivity index (χ3n) is 3.69. The lowest BCUT2D eigenvalue weighted by Gasteiger charge is -2.34. The van der Waals surface area contributed by atoms with Gasteiger partial charge in [-0.3, -0.25) is 0 Å². The Balaban J connectivity index is 3.62. The van der Waals surface area contributed by atoms with E-state index in [9.17, 15) is 49.7 Å². The molecule has 1 unspecified atom stereocenters. The second kappa shape index (κ2) is 6.89. The van der Waals surface area contributed by atoms with Gasteiger partial charge in [0.05, 0.1) is 0 Å². The van der Waals surface area contributed by atoms with Gasteiger partial charge in [0, 0.05) is 12.1 Å². The van der Waals surface area contributed by atoms with Gasteiger partial charge in [-0.25, -0.2) is 0 Å². The molecule has 0 aliphatic rings. The minimum atomic E-state index is -6.25. The summed E-state index contributed by atoms with van der Waals surface area (Å²) in [6, 6.07) is 3.76. The lowest BCUT2D eigenvalue weighted by molar-refractivity contribution is -0.365. The van der Waals surface area contributed by atoms with Crippen molar-refractivity contribution < 1.29 is 49.7 Å². The van der Waals surface area contributed by atoms with Crippen LogP contribution in [-0.2, 0) is 0 Å². The van der Waals surface area contributed by atoms with E-state index in [1.165, 1.54) is 0 Å². The van der Waals surface area contributed by atoms with Crippen molar-refractivity contribution in [3.8, 4) is 0 Å². The van der Waals surface area contributed by atoms with E-state index in [0.717, 1.165) is 24.3 Å². The molecular formula is C15H14F9NO2. The van der Waals surface area contributed by atoms with Crippen molar-refractivity contribution in [2.24, 2.45) is 0 Å². The van der Waals surface area contributed by atoms with E-state index in [1.54, 1.807) is 0 Å². The number of aliphatic hydroxyl groups is 2. The van der Waals surface area contributed by atoms with Crippen LogP contribution in [0.1, 0.15) is 18.9 Å². The Kier molecular flexibility index (Phi) is 5.90. The SMILES string of the molecule is CC(O)(/C=C(\CC(O)(C(F)(F)F)C(F)(F)F)c1ccc(N)cc1)C(F)(F)F. The molecule has 0 saturated heterocycles. The zero-order valence-electron chi connectivity index (χ0n) is 13.5. The quantitative estimate of drug-likeness (QED) is 0.514. The topological polar surface area (TPSA) is 66.5 Å². The van der Waals surface area contributed by atoms with Crippen LogP contribution in [0.25, 0.3) is 5.57 Å². The normalized spacial score (nSPS) is 17.0. The van der Waals surface area contributed by atoms with Crippen LogP contribution in [0, 0.1) is 0 Å². The van der Waals surface area contributed by atoms with E-state index >= 15 is 0 Å². The van der Waals surface area contributed by atoms with Crippen molar-refractivity contribution in [3.63, 3.8) is 0 Å². The summed E-state index contributed by atoms with van der Waals surface area (Å²) in [6.07, 6.45) is -20.4. The first-order valence-corrected chi connectivity index (χ1v) is 7.04. The van der Waals surface area contributed by atoms with E-state index in [-0.39, 0.29) is 18.7 Å². The molecule has 154 valence electrons. The first-order valence-electron chi connectivity index (χ1n) is 7.04. The third kappa shape index (κ3) is 4.86. The van der Waals surface area contributed by atoms with Gasteiger partial charge in [-0.1, -0.05) is 12.1 Å². The molecule has 0 aliphatic heterocycles. The standard InChI is InChI=1S/C15H14F9NO2/c1-11(26,13(16,17)18)6-9(8-2-4-10(25)5-3-8)7-12(27,14(19,20)21)15(22,23)24/h2-6,26-27H,7,25H2,1H3/b9-6+. The molecule has 27 heavy (non-hydrogen) atoms. The summed E-state index contributed by atoms with van der Waals surface area (Å²) < 4.78 is 116. The summed E-state index contributed by atoms with van der Waals surface area (Å²) in [5.41, 5.74) is -5.49. The second-order valence-electron chi connectivity index (χ2n) is 5.97. The number of rotatable bonds is 4. The van der Waals surface area contributed by atoms with Gasteiger partial charge in [0.1, 0.15) is 0 Å². The predicted molar refractivity (Wildman–Crippen MR) is 77.2 cm³/mol. The van der Waals surface area contributed by atoms with Gasteiger partial charge in [-0.15, -0.1) is 0 Å². The van der Waals surface area contributed by atoms with Gasteiger partial charge in [0.25, 0.3) is 5.60 Å². The van der Waals surface area contributed by atoms with E-state index < -0.39 is 47.3 Å². The van der Waals surface area contributed by atoms with E-state index in [2.05, 4.69) is 0 Å².